The molecule has 2 aliphatic heterocycles. The van der Waals surface area contributed by atoms with Crippen molar-refractivity contribution in [2.75, 3.05) is 19.8 Å². The number of hydrogen-bond donors (Lipinski definition) is 2. The zero-order valence-electron chi connectivity index (χ0n) is 23.9. The lowest BCUT2D eigenvalue weighted by atomic mass is 9.31. The number of rotatable bonds is 4. The Morgan fingerprint density at radius 3 is 2.35 bits per heavy atom. The van der Waals surface area contributed by atoms with Crippen molar-refractivity contribution >= 4 is 5.97 Å². The van der Waals surface area contributed by atoms with Crippen LogP contribution in [0.15, 0.2) is 12.2 Å². The Morgan fingerprint density at radius 2 is 1.70 bits per heavy atom. The van der Waals surface area contributed by atoms with Crippen LogP contribution in [0.4, 0.5) is 0 Å². The number of hydrogen-bond acceptors (Lipinski definition) is 5. The highest BCUT2D eigenvalue weighted by Crippen LogP contribution is 2.79. The molecule has 5 nitrogen and oxygen atoms in total. The summed E-state index contributed by atoms with van der Waals surface area (Å²) in [6.45, 7) is 16.9. The van der Waals surface area contributed by atoms with Crippen molar-refractivity contribution in [1.82, 2.24) is 0 Å². The SMILES string of the molecule is C=C(C)[C@@H]1CC[C@]2(C(=O)OCCO)CC[C@]3(C)[C@H](CC[C@@H]4[C@]56CC[C@@](O)(OC5)C(C)(C)[C@@H]6CC[C@]43C)[C@@H]12. The fraction of sp³-hybridized carbons (Fsp3) is 0.906. The third kappa shape index (κ3) is 3.00. The molecular weight excluding hydrogens is 464 g/mol. The second-order valence-corrected chi connectivity index (χ2v) is 15.2. The normalized spacial score (nSPS) is 53.4. The molecule has 0 aromatic carbocycles. The number of fused-ring (bicyclic) bond motifs is 7. The highest BCUT2D eigenvalue weighted by molar-refractivity contribution is 5.78. The minimum absolute atomic E-state index is 0.0686. The molecule has 2 bridgehead atoms. The Kier molecular flexibility index (Phi) is 5.74. The summed E-state index contributed by atoms with van der Waals surface area (Å²) < 4.78 is 12.1. The van der Waals surface area contributed by atoms with Gasteiger partial charge in [-0.15, -0.1) is 0 Å². The molecule has 2 saturated heterocycles. The molecule has 5 aliphatic carbocycles. The fourth-order valence-electron chi connectivity index (χ4n) is 12.2. The van der Waals surface area contributed by atoms with Crippen LogP contribution in [-0.4, -0.2) is 41.8 Å². The summed E-state index contributed by atoms with van der Waals surface area (Å²) in [5.74, 6) is 1.15. The maximum atomic E-state index is 13.7. The molecular formula is C32H50O5. The van der Waals surface area contributed by atoms with Crippen LogP contribution in [0.25, 0.3) is 0 Å². The lowest BCUT2D eigenvalue weighted by Crippen LogP contribution is -2.74. The summed E-state index contributed by atoms with van der Waals surface area (Å²) in [7, 11) is 0. The van der Waals surface area contributed by atoms with Crippen LogP contribution in [-0.2, 0) is 14.3 Å². The number of ether oxygens (including phenoxy) is 2. The van der Waals surface area contributed by atoms with Gasteiger partial charge in [0.15, 0.2) is 5.79 Å². The lowest BCUT2D eigenvalue weighted by Gasteiger charge is -2.75. The topological polar surface area (TPSA) is 76.0 Å². The van der Waals surface area contributed by atoms with Crippen LogP contribution in [0.3, 0.4) is 0 Å². The van der Waals surface area contributed by atoms with E-state index < -0.39 is 11.2 Å². The van der Waals surface area contributed by atoms with E-state index >= 15 is 0 Å². The third-order valence-corrected chi connectivity index (χ3v) is 14.2. The van der Waals surface area contributed by atoms with Crippen LogP contribution in [0.1, 0.15) is 98.8 Å². The van der Waals surface area contributed by atoms with E-state index in [1.165, 1.54) is 18.4 Å². The molecule has 2 heterocycles. The standard InChI is InChI=1S/C32H50O5/c1-20(2)21-9-12-30(26(34)36-18-17-33)14-13-28(5)22(25(21)30)7-8-24-29(28,6)11-10-23-27(3,4)32(35)16-15-31(23,24)19-37-32/h21-25,33,35H,1,7-19H2,2-6H3/t21-,22+,23-,24-,25+,28+,29+,30-,31+,32+/m0/s1. The van der Waals surface area contributed by atoms with Gasteiger partial charge >= 0.3 is 5.97 Å². The molecule has 0 unspecified atom stereocenters. The molecule has 2 N–H and O–H groups in total. The first kappa shape index (κ1) is 26.3. The molecule has 0 aromatic rings. The minimum Gasteiger partial charge on any atom is -0.463 e. The van der Waals surface area contributed by atoms with Gasteiger partial charge in [0, 0.05) is 17.3 Å². The quantitative estimate of drug-likeness (QED) is 0.362. The van der Waals surface area contributed by atoms with Crippen molar-refractivity contribution in [2.45, 2.75) is 105 Å². The summed E-state index contributed by atoms with van der Waals surface area (Å²) in [5.41, 5.74) is 1.04. The van der Waals surface area contributed by atoms with Crippen LogP contribution < -0.4 is 0 Å². The average Bonchev–Trinajstić information content (AvgIpc) is 3.25. The van der Waals surface area contributed by atoms with Crippen LogP contribution >= 0.6 is 0 Å². The minimum atomic E-state index is -0.980. The Bertz CT molecular complexity index is 978. The third-order valence-electron chi connectivity index (χ3n) is 14.2. The number of carbonyl (C=O) groups excluding carboxylic acids is 1. The predicted molar refractivity (Wildman–Crippen MR) is 142 cm³/mol. The monoisotopic (exact) mass is 514 g/mol. The summed E-state index contributed by atoms with van der Waals surface area (Å²) in [6.07, 6.45) is 10.4. The fourth-order valence-corrected chi connectivity index (χ4v) is 12.2. The van der Waals surface area contributed by atoms with Gasteiger partial charge in [0.1, 0.15) is 6.61 Å². The molecule has 37 heavy (non-hydrogen) atoms. The first-order valence-electron chi connectivity index (χ1n) is 15.1. The van der Waals surface area contributed by atoms with Gasteiger partial charge < -0.3 is 19.7 Å². The highest BCUT2D eigenvalue weighted by Gasteiger charge is 2.76. The van der Waals surface area contributed by atoms with E-state index in [4.69, 9.17) is 9.47 Å². The summed E-state index contributed by atoms with van der Waals surface area (Å²) in [5, 5.41) is 20.8. The van der Waals surface area contributed by atoms with Crippen LogP contribution in [0.5, 0.6) is 0 Å². The van der Waals surface area contributed by atoms with E-state index in [1.807, 2.05) is 0 Å². The number of allylic oxidation sites excluding steroid dienone is 1. The average molecular weight is 515 g/mol. The number of carbonyl (C=O) groups is 1. The molecule has 0 radical (unpaired) electrons. The predicted octanol–water partition coefficient (Wildman–Crippen LogP) is 5.88. The van der Waals surface area contributed by atoms with Gasteiger partial charge in [-0.25, -0.2) is 0 Å². The van der Waals surface area contributed by atoms with E-state index in [-0.39, 0.29) is 46.8 Å². The molecule has 208 valence electrons. The Balaban J connectivity index is 1.39. The lowest BCUT2D eigenvalue weighted by molar-refractivity contribution is -0.400. The second kappa shape index (κ2) is 8.07. The van der Waals surface area contributed by atoms with Gasteiger partial charge in [-0.2, -0.15) is 0 Å². The first-order valence-corrected chi connectivity index (χ1v) is 15.1. The molecule has 5 heteroatoms. The van der Waals surface area contributed by atoms with Gasteiger partial charge in [-0.3, -0.25) is 4.79 Å². The molecule has 7 fully saturated rings. The summed E-state index contributed by atoms with van der Waals surface area (Å²) >= 11 is 0. The maximum absolute atomic E-state index is 13.7. The molecule has 10 atom stereocenters. The number of aliphatic hydroxyl groups excluding tert-OH is 1. The van der Waals surface area contributed by atoms with Crippen molar-refractivity contribution in [3.05, 3.63) is 12.2 Å². The van der Waals surface area contributed by atoms with Crippen molar-refractivity contribution in [3.8, 4) is 0 Å². The van der Waals surface area contributed by atoms with Crippen molar-refractivity contribution in [2.24, 2.45) is 56.7 Å². The van der Waals surface area contributed by atoms with Crippen LogP contribution in [0, 0.1) is 56.7 Å². The second-order valence-electron chi connectivity index (χ2n) is 15.2. The molecule has 7 aliphatic rings. The molecule has 7 rings (SSSR count). The molecule has 5 saturated carbocycles. The Morgan fingerprint density at radius 1 is 0.946 bits per heavy atom. The Hall–Kier alpha value is -0.910. The molecule has 0 aromatic heterocycles. The number of aliphatic hydroxyl groups is 2. The summed E-state index contributed by atoms with van der Waals surface area (Å²) in [4.78, 5) is 13.7. The Labute approximate surface area is 223 Å². The first-order chi connectivity index (χ1) is 17.3. The van der Waals surface area contributed by atoms with E-state index in [2.05, 4.69) is 41.2 Å². The van der Waals surface area contributed by atoms with E-state index in [0.717, 1.165) is 51.4 Å². The van der Waals surface area contributed by atoms with Gasteiger partial charge in [-0.1, -0.05) is 39.8 Å². The van der Waals surface area contributed by atoms with E-state index in [9.17, 15) is 15.0 Å². The van der Waals surface area contributed by atoms with Crippen molar-refractivity contribution in [1.29, 1.82) is 0 Å². The van der Waals surface area contributed by atoms with Crippen LogP contribution in [0.2, 0.25) is 0 Å². The summed E-state index contributed by atoms with van der Waals surface area (Å²) in [6, 6.07) is 0. The van der Waals surface area contributed by atoms with Gasteiger partial charge in [0.25, 0.3) is 0 Å². The maximum Gasteiger partial charge on any atom is 0.312 e. The van der Waals surface area contributed by atoms with E-state index in [1.54, 1.807) is 0 Å². The van der Waals surface area contributed by atoms with E-state index in [0.29, 0.717) is 30.3 Å². The van der Waals surface area contributed by atoms with Gasteiger partial charge in [-0.05, 0) is 105 Å². The largest absolute Gasteiger partial charge is 0.463 e. The van der Waals surface area contributed by atoms with Gasteiger partial charge in [0.2, 0.25) is 0 Å². The van der Waals surface area contributed by atoms with Crippen molar-refractivity contribution < 1.29 is 24.5 Å². The molecule has 1 spiro atoms. The highest BCUT2D eigenvalue weighted by atomic mass is 16.6. The molecule has 0 amide bonds. The van der Waals surface area contributed by atoms with Gasteiger partial charge in [0.05, 0.1) is 18.6 Å². The van der Waals surface area contributed by atoms with Crippen molar-refractivity contribution in [3.63, 3.8) is 0 Å². The smallest absolute Gasteiger partial charge is 0.312 e. The zero-order valence-corrected chi connectivity index (χ0v) is 23.9. The zero-order chi connectivity index (χ0) is 26.6. The number of esters is 1.